The summed E-state index contributed by atoms with van der Waals surface area (Å²) in [5, 5.41) is 6.16. The van der Waals surface area contributed by atoms with E-state index in [2.05, 4.69) is 15.6 Å². The van der Waals surface area contributed by atoms with Gasteiger partial charge in [-0.2, -0.15) is 0 Å². The van der Waals surface area contributed by atoms with Crippen LogP contribution in [0.3, 0.4) is 0 Å². The van der Waals surface area contributed by atoms with Crippen molar-refractivity contribution in [2.75, 3.05) is 10.6 Å². The van der Waals surface area contributed by atoms with Gasteiger partial charge in [0, 0.05) is 12.2 Å². The number of amides is 1. The topological polar surface area (TPSA) is 54.0 Å². The van der Waals surface area contributed by atoms with E-state index < -0.39 is 0 Å². The average Bonchev–Trinajstić information content (AvgIpc) is 2.30. The van der Waals surface area contributed by atoms with Crippen LogP contribution in [0.2, 0.25) is 0 Å². The highest BCUT2D eigenvalue weighted by Crippen LogP contribution is 2.28. The van der Waals surface area contributed by atoms with Gasteiger partial charge in [0.15, 0.2) is 0 Å². The molecule has 0 bridgehead atoms. The van der Waals surface area contributed by atoms with Crippen molar-refractivity contribution in [1.82, 2.24) is 4.98 Å². The molecule has 1 amide bonds. The van der Waals surface area contributed by atoms with Crippen LogP contribution in [0.5, 0.6) is 0 Å². The zero-order valence-electron chi connectivity index (χ0n) is 9.16. The molecule has 15 heavy (non-hydrogen) atoms. The molecule has 80 valence electrons. The van der Waals surface area contributed by atoms with E-state index in [1.54, 1.807) is 6.20 Å². The van der Waals surface area contributed by atoms with Crippen LogP contribution in [0.15, 0.2) is 12.3 Å². The zero-order valence-corrected chi connectivity index (χ0v) is 9.16. The summed E-state index contributed by atoms with van der Waals surface area (Å²) in [6.45, 7) is 5.86. The standard InChI is InChI=1S/C11H15N3O/c1-6-4-5-12-10-9(6)14-11(15)7(2)8(3)13-10/h4-5,7-8H,1-3H3,(H,12,13)(H,14,15). The predicted molar refractivity (Wildman–Crippen MR) is 59.9 cm³/mol. The molecule has 1 aromatic heterocycles. The molecule has 0 saturated heterocycles. The summed E-state index contributed by atoms with van der Waals surface area (Å²) in [5.41, 5.74) is 1.83. The van der Waals surface area contributed by atoms with Gasteiger partial charge in [0.1, 0.15) is 5.82 Å². The molecule has 2 N–H and O–H groups in total. The van der Waals surface area contributed by atoms with Crippen LogP contribution in [0, 0.1) is 12.8 Å². The van der Waals surface area contributed by atoms with E-state index in [1.165, 1.54) is 0 Å². The first kappa shape index (κ1) is 9.96. The summed E-state index contributed by atoms with van der Waals surface area (Å²) in [7, 11) is 0. The average molecular weight is 205 g/mol. The number of anilines is 2. The number of hydrogen-bond donors (Lipinski definition) is 2. The van der Waals surface area contributed by atoms with Crippen molar-refractivity contribution in [1.29, 1.82) is 0 Å². The molecule has 1 aliphatic rings. The first-order chi connectivity index (χ1) is 7.09. The minimum absolute atomic E-state index is 0.0462. The first-order valence-electron chi connectivity index (χ1n) is 5.12. The summed E-state index contributed by atoms with van der Waals surface area (Å²) in [6.07, 6.45) is 1.75. The summed E-state index contributed by atoms with van der Waals surface area (Å²) < 4.78 is 0. The second kappa shape index (κ2) is 3.53. The van der Waals surface area contributed by atoms with E-state index in [0.29, 0.717) is 0 Å². The van der Waals surface area contributed by atoms with Crippen molar-refractivity contribution in [3.8, 4) is 0 Å². The van der Waals surface area contributed by atoms with Gasteiger partial charge in [0.25, 0.3) is 0 Å². The van der Waals surface area contributed by atoms with Crippen LogP contribution < -0.4 is 10.6 Å². The van der Waals surface area contributed by atoms with Crippen LogP contribution in [0.1, 0.15) is 19.4 Å². The largest absolute Gasteiger partial charge is 0.365 e. The number of aromatic nitrogens is 1. The van der Waals surface area contributed by atoms with Crippen LogP contribution in [-0.2, 0) is 4.79 Å². The highest BCUT2D eigenvalue weighted by atomic mass is 16.2. The Morgan fingerprint density at radius 2 is 2.13 bits per heavy atom. The Morgan fingerprint density at radius 1 is 1.40 bits per heavy atom. The lowest BCUT2D eigenvalue weighted by Gasteiger charge is -2.15. The van der Waals surface area contributed by atoms with Crippen molar-refractivity contribution in [2.24, 2.45) is 5.92 Å². The number of fused-ring (bicyclic) bond motifs is 1. The number of rotatable bonds is 0. The smallest absolute Gasteiger partial charge is 0.229 e. The second-order valence-electron chi connectivity index (χ2n) is 4.06. The lowest BCUT2D eigenvalue weighted by Crippen LogP contribution is -2.30. The molecule has 0 aliphatic carbocycles. The van der Waals surface area contributed by atoms with Gasteiger partial charge in [-0.05, 0) is 25.5 Å². The molecule has 0 spiro atoms. The zero-order chi connectivity index (χ0) is 11.0. The van der Waals surface area contributed by atoms with Gasteiger partial charge in [-0.15, -0.1) is 0 Å². The molecular weight excluding hydrogens is 190 g/mol. The van der Waals surface area contributed by atoms with E-state index in [4.69, 9.17) is 0 Å². The molecule has 2 heterocycles. The number of nitrogens with zero attached hydrogens (tertiary/aromatic N) is 1. The fourth-order valence-electron chi connectivity index (χ4n) is 1.63. The Morgan fingerprint density at radius 3 is 2.87 bits per heavy atom. The van der Waals surface area contributed by atoms with E-state index in [-0.39, 0.29) is 17.9 Å². The number of aryl methyl sites for hydroxylation is 1. The number of carbonyl (C=O) groups is 1. The lowest BCUT2D eigenvalue weighted by molar-refractivity contribution is -0.119. The quantitative estimate of drug-likeness (QED) is 0.678. The molecule has 0 fully saturated rings. The third-order valence-corrected chi connectivity index (χ3v) is 2.94. The van der Waals surface area contributed by atoms with Crippen LogP contribution in [-0.4, -0.2) is 16.9 Å². The SMILES string of the molecule is Cc1ccnc2c1NC(=O)C(C)C(C)N2. The van der Waals surface area contributed by atoms with E-state index in [9.17, 15) is 4.79 Å². The maximum atomic E-state index is 11.8. The highest BCUT2D eigenvalue weighted by molar-refractivity contribution is 5.97. The van der Waals surface area contributed by atoms with E-state index >= 15 is 0 Å². The molecule has 4 heteroatoms. The Kier molecular flexibility index (Phi) is 2.34. The van der Waals surface area contributed by atoms with Crippen molar-refractivity contribution >= 4 is 17.4 Å². The van der Waals surface area contributed by atoms with Gasteiger partial charge in [0.05, 0.1) is 11.6 Å². The summed E-state index contributed by atoms with van der Waals surface area (Å²) in [5.74, 6) is 0.753. The maximum Gasteiger partial charge on any atom is 0.229 e. The van der Waals surface area contributed by atoms with Gasteiger partial charge in [0.2, 0.25) is 5.91 Å². The first-order valence-corrected chi connectivity index (χ1v) is 5.12. The van der Waals surface area contributed by atoms with Gasteiger partial charge in [-0.25, -0.2) is 4.98 Å². The Bertz CT molecular complexity index is 403. The van der Waals surface area contributed by atoms with Crippen LogP contribution in [0.25, 0.3) is 0 Å². The normalized spacial score (nSPS) is 24.9. The van der Waals surface area contributed by atoms with Gasteiger partial charge >= 0.3 is 0 Å². The number of pyridine rings is 1. The molecule has 1 aliphatic heterocycles. The van der Waals surface area contributed by atoms with Gasteiger partial charge in [-0.1, -0.05) is 6.92 Å². The number of carbonyl (C=O) groups excluding carboxylic acids is 1. The highest BCUT2D eigenvalue weighted by Gasteiger charge is 2.26. The molecule has 0 radical (unpaired) electrons. The van der Waals surface area contributed by atoms with E-state index in [0.717, 1.165) is 17.1 Å². The fourth-order valence-corrected chi connectivity index (χ4v) is 1.63. The Labute approximate surface area is 89.1 Å². The van der Waals surface area contributed by atoms with Crippen molar-refractivity contribution in [2.45, 2.75) is 26.8 Å². The summed E-state index contributed by atoms with van der Waals surface area (Å²) >= 11 is 0. The van der Waals surface area contributed by atoms with Gasteiger partial charge < -0.3 is 10.6 Å². The maximum absolute atomic E-state index is 11.8. The molecule has 2 atom stereocenters. The minimum Gasteiger partial charge on any atom is -0.365 e. The fraction of sp³-hybridized carbons (Fsp3) is 0.455. The monoisotopic (exact) mass is 205 g/mol. The Hall–Kier alpha value is -1.58. The number of nitrogens with one attached hydrogen (secondary N) is 2. The molecule has 1 aromatic rings. The molecule has 0 saturated carbocycles. The predicted octanol–water partition coefficient (Wildman–Crippen LogP) is 1.78. The second-order valence-corrected chi connectivity index (χ2v) is 4.06. The third kappa shape index (κ3) is 1.67. The molecule has 4 nitrogen and oxygen atoms in total. The van der Waals surface area contributed by atoms with Crippen molar-refractivity contribution in [3.05, 3.63) is 17.8 Å². The van der Waals surface area contributed by atoms with Crippen LogP contribution >= 0.6 is 0 Å². The molecule has 0 aromatic carbocycles. The third-order valence-electron chi connectivity index (χ3n) is 2.94. The van der Waals surface area contributed by atoms with Crippen molar-refractivity contribution < 1.29 is 4.79 Å². The van der Waals surface area contributed by atoms with Crippen LogP contribution in [0.4, 0.5) is 11.5 Å². The van der Waals surface area contributed by atoms with Crippen molar-refractivity contribution in [3.63, 3.8) is 0 Å². The minimum atomic E-state index is -0.0569. The lowest BCUT2D eigenvalue weighted by atomic mass is 10.0. The molecule has 2 rings (SSSR count). The van der Waals surface area contributed by atoms with E-state index in [1.807, 2.05) is 26.8 Å². The summed E-state index contributed by atoms with van der Waals surface area (Å²) in [4.78, 5) is 16.0. The Balaban J connectivity index is 2.47. The molecular formula is C11H15N3O. The molecule has 2 unspecified atom stereocenters. The number of hydrogen-bond acceptors (Lipinski definition) is 3. The summed E-state index contributed by atoms with van der Waals surface area (Å²) in [6, 6.07) is 1.99. The van der Waals surface area contributed by atoms with Gasteiger partial charge in [-0.3, -0.25) is 4.79 Å².